The normalized spacial score (nSPS) is 12.9. The summed E-state index contributed by atoms with van der Waals surface area (Å²) in [4.78, 5) is 0. The van der Waals surface area contributed by atoms with Crippen molar-refractivity contribution in [3.05, 3.63) is 34.9 Å². The van der Waals surface area contributed by atoms with Gasteiger partial charge in [0.1, 0.15) is 6.10 Å². The molecule has 13 heavy (non-hydrogen) atoms. The number of hydrogen-bond acceptors (Lipinski definition) is 2. The van der Waals surface area contributed by atoms with E-state index in [-0.39, 0.29) is 0 Å². The standard InChI is InChI=1S/C11H16O2/c1-8-5-4-6-9(2)11(8)10(12)7-13-3/h4-6,10,12H,7H2,1-3H3. The number of hydrogen-bond donors (Lipinski definition) is 1. The minimum Gasteiger partial charge on any atom is -0.386 e. The van der Waals surface area contributed by atoms with Gasteiger partial charge in [-0.05, 0) is 30.5 Å². The van der Waals surface area contributed by atoms with Crippen molar-refractivity contribution < 1.29 is 9.84 Å². The largest absolute Gasteiger partial charge is 0.386 e. The van der Waals surface area contributed by atoms with Gasteiger partial charge in [0.05, 0.1) is 6.61 Å². The molecule has 1 atom stereocenters. The first-order valence-electron chi connectivity index (χ1n) is 4.40. The lowest BCUT2D eigenvalue weighted by Crippen LogP contribution is -2.08. The average molecular weight is 180 g/mol. The molecule has 0 saturated heterocycles. The van der Waals surface area contributed by atoms with Crippen LogP contribution in [0.25, 0.3) is 0 Å². The van der Waals surface area contributed by atoms with E-state index in [0.29, 0.717) is 6.61 Å². The first-order valence-corrected chi connectivity index (χ1v) is 4.40. The molecule has 2 nitrogen and oxygen atoms in total. The van der Waals surface area contributed by atoms with Gasteiger partial charge in [-0.1, -0.05) is 18.2 Å². The molecule has 0 aliphatic heterocycles. The van der Waals surface area contributed by atoms with Crippen molar-refractivity contribution in [2.24, 2.45) is 0 Å². The van der Waals surface area contributed by atoms with Crippen LogP contribution in [0.15, 0.2) is 18.2 Å². The fraction of sp³-hybridized carbons (Fsp3) is 0.455. The lowest BCUT2D eigenvalue weighted by Gasteiger charge is -2.15. The molecule has 0 amide bonds. The van der Waals surface area contributed by atoms with Crippen molar-refractivity contribution in [3.63, 3.8) is 0 Å². The maximum absolute atomic E-state index is 9.76. The van der Waals surface area contributed by atoms with E-state index >= 15 is 0 Å². The highest BCUT2D eigenvalue weighted by Crippen LogP contribution is 2.21. The number of rotatable bonds is 3. The van der Waals surface area contributed by atoms with Crippen LogP contribution in [0.5, 0.6) is 0 Å². The third-order valence-electron chi connectivity index (χ3n) is 2.20. The molecule has 1 rings (SSSR count). The Labute approximate surface area is 79.2 Å². The zero-order valence-electron chi connectivity index (χ0n) is 8.37. The molecule has 0 fully saturated rings. The number of aliphatic hydroxyl groups is 1. The minimum absolute atomic E-state index is 0.353. The van der Waals surface area contributed by atoms with Crippen LogP contribution < -0.4 is 0 Å². The predicted octanol–water partition coefficient (Wildman–Crippen LogP) is 1.98. The molecule has 0 radical (unpaired) electrons. The molecule has 0 spiro atoms. The maximum atomic E-state index is 9.76. The van der Waals surface area contributed by atoms with Crippen LogP contribution in [0, 0.1) is 13.8 Å². The Hall–Kier alpha value is -0.860. The number of methoxy groups -OCH3 is 1. The Morgan fingerprint density at radius 3 is 2.31 bits per heavy atom. The molecule has 1 aromatic rings. The van der Waals surface area contributed by atoms with Gasteiger partial charge in [-0.3, -0.25) is 0 Å². The lowest BCUT2D eigenvalue weighted by molar-refractivity contribution is 0.0636. The molecule has 0 bridgehead atoms. The molecular weight excluding hydrogens is 164 g/mol. The summed E-state index contributed by atoms with van der Waals surface area (Å²) in [7, 11) is 1.59. The third kappa shape index (κ3) is 2.29. The van der Waals surface area contributed by atoms with Crippen LogP contribution in [-0.4, -0.2) is 18.8 Å². The topological polar surface area (TPSA) is 29.5 Å². The molecule has 1 unspecified atom stereocenters. The Morgan fingerprint density at radius 1 is 1.31 bits per heavy atom. The Kier molecular flexibility index (Phi) is 3.46. The predicted molar refractivity (Wildman–Crippen MR) is 52.8 cm³/mol. The number of benzene rings is 1. The van der Waals surface area contributed by atoms with E-state index in [0.717, 1.165) is 16.7 Å². The Bertz CT molecular complexity index is 261. The second-order valence-corrected chi connectivity index (χ2v) is 3.28. The van der Waals surface area contributed by atoms with Gasteiger partial charge in [-0.25, -0.2) is 0 Å². The van der Waals surface area contributed by atoms with Crippen LogP contribution in [0.2, 0.25) is 0 Å². The lowest BCUT2D eigenvalue weighted by atomic mass is 9.98. The summed E-state index contributed by atoms with van der Waals surface area (Å²) in [6, 6.07) is 6.00. The highest BCUT2D eigenvalue weighted by Gasteiger charge is 2.11. The van der Waals surface area contributed by atoms with E-state index in [1.165, 1.54) is 0 Å². The molecule has 0 heterocycles. The molecular formula is C11H16O2. The number of ether oxygens (including phenoxy) is 1. The summed E-state index contributed by atoms with van der Waals surface area (Å²) < 4.78 is 4.92. The van der Waals surface area contributed by atoms with Gasteiger partial charge in [-0.15, -0.1) is 0 Å². The van der Waals surface area contributed by atoms with Gasteiger partial charge in [0.25, 0.3) is 0 Å². The molecule has 72 valence electrons. The zero-order valence-corrected chi connectivity index (χ0v) is 8.37. The van der Waals surface area contributed by atoms with Crippen LogP contribution in [0.1, 0.15) is 22.8 Å². The molecule has 0 aliphatic carbocycles. The second-order valence-electron chi connectivity index (χ2n) is 3.28. The molecule has 0 aromatic heterocycles. The summed E-state index contributed by atoms with van der Waals surface area (Å²) in [6.45, 7) is 4.36. The minimum atomic E-state index is -0.508. The second kappa shape index (κ2) is 4.40. The van der Waals surface area contributed by atoms with E-state index in [4.69, 9.17) is 4.74 Å². The van der Waals surface area contributed by atoms with Crippen molar-refractivity contribution in [2.45, 2.75) is 20.0 Å². The highest BCUT2D eigenvalue weighted by atomic mass is 16.5. The van der Waals surface area contributed by atoms with Crippen molar-refractivity contribution in [3.8, 4) is 0 Å². The van der Waals surface area contributed by atoms with Crippen molar-refractivity contribution in [2.75, 3.05) is 13.7 Å². The SMILES string of the molecule is COCC(O)c1c(C)cccc1C. The van der Waals surface area contributed by atoms with E-state index in [9.17, 15) is 5.11 Å². The van der Waals surface area contributed by atoms with Gasteiger partial charge in [0.15, 0.2) is 0 Å². The zero-order chi connectivity index (χ0) is 9.84. The molecule has 0 aliphatic rings. The smallest absolute Gasteiger partial charge is 0.103 e. The van der Waals surface area contributed by atoms with Crippen LogP contribution >= 0.6 is 0 Å². The Morgan fingerprint density at radius 2 is 1.85 bits per heavy atom. The molecule has 1 aromatic carbocycles. The van der Waals surface area contributed by atoms with E-state index < -0.39 is 6.10 Å². The van der Waals surface area contributed by atoms with Gasteiger partial charge in [0.2, 0.25) is 0 Å². The summed E-state index contributed by atoms with van der Waals surface area (Å²) >= 11 is 0. The summed E-state index contributed by atoms with van der Waals surface area (Å²) in [5.41, 5.74) is 3.22. The summed E-state index contributed by atoms with van der Waals surface area (Å²) in [6.07, 6.45) is -0.508. The van der Waals surface area contributed by atoms with Gasteiger partial charge >= 0.3 is 0 Å². The average Bonchev–Trinajstić information content (AvgIpc) is 2.04. The summed E-state index contributed by atoms with van der Waals surface area (Å²) in [5, 5.41) is 9.76. The van der Waals surface area contributed by atoms with Gasteiger partial charge in [-0.2, -0.15) is 0 Å². The first-order chi connectivity index (χ1) is 6.16. The van der Waals surface area contributed by atoms with Gasteiger partial charge in [0, 0.05) is 7.11 Å². The van der Waals surface area contributed by atoms with E-state index in [2.05, 4.69) is 0 Å². The fourth-order valence-electron chi connectivity index (χ4n) is 1.59. The highest BCUT2D eigenvalue weighted by molar-refractivity contribution is 5.35. The van der Waals surface area contributed by atoms with Crippen molar-refractivity contribution in [1.82, 2.24) is 0 Å². The van der Waals surface area contributed by atoms with E-state index in [1.807, 2.05) is 32.0 Å². The number of aliphatic hydroxyl groups excluding tert-OH is 1. The number of aryl methyl sites for hydroxylation is 2. The molecule has 1 N–H and O–H groups in total. The van der Waals surface area contributed by atoms with E-state index in [1.54, 1.807) is 7.11 Å². The van der Waals surface area contributed by atoms with Crippen LogP contribution in [0.4, 0.5) is 0 Å². The summed E-state index contributed by atoms with van der Waals surface area (Å²) in [5.74, 6) is 0. The van der Waals surface area contributed by atoms with Crippen molar-refractivity contribution in [1.29, 1.82) is 0 Å². The monoisotopic (exact) mass is 180 g/mol. The van der Waals surface area contributed by atoms with Crippen LogP contribution in [-0.2, 0) is 4.74 Å². The molecule has 2 heteroatoms. The Balaban J connectivity index is 2.98. The van der Waals surface area contributed by atoms with Crippen molar-refractivity contribution >= 4 is 0 Å². The van der Waals surface area contributed by atoms with Crippen LogP contribution in [0.3, 0.4) is 0 Å². The third-order valence-corrected chi connectivity index (χ3v) is 2.20. The quantitative estimate of drug-likeness (QED) is 0.770. The maximum Gasteiger partial charge on any atom is 0.103 e. The molecule has 0 saturated carbocycles. The van der Waals surface area contributed by atoms with Gasteiger partial charge < -0.3 is 9.84 Å². The first kappa shape index (κ1) is 10.2. The fourth-order valence-corrected chi connectivity index (χ4v) is 1.59.